The first-order valence-corrected chi connectivity index (χ1v) is 6.62. The summed E-state index contributed by atoms with van der Waals surface area (Å²) in [7, 11) is 1.30. The van der Waals surface area contributed by atoms with Gasteiger partial charge >= 0.3 is 12.0 Å². The summed E-state index contributed by atoms with van der Waals surface area (Å²) in [5.41, 5.74) is 0.459. The lowest BCUT2D eigenvalue weighted by molar-refractivity contribution is -0.142. The van der Waals surface area contributed by atoms with Crippen LogP contribution >= 0.6 is 0 Å². The van der Waals surface area contributed by atoms with Gasteiger partial charge in [-0.25, -0.2) is 9.59 Å². The SMILES string of the molecule is CCC(NC(=O)NC(C)(C)c1ccccc1)C(=O)OC. The smallest absolute Gasteiger partial charge is 0.328 e. The molecule has 0 radical (unpaired) electrons. The molecule has 0 aliphatic rings. The largest absolute Gasteiger partial charge is 0.467 e. The Morgan fingerprint density at radius 1 is 1.25 bits per heavy atom. The topological polar surface area (TPSA) is 67.4 Å². The molecule has 1 atom stereocenters. The average Bonchev–Trinajstić information content (AvgIpc) is 2.44. The fourth-order valence-electron chi connectivity index (χ4n) is 1.88. The molecule has 2 N–H and O–H groups in total. The van der Waals surface area contributed by atoms with Crippen molar-refractivity contribution in [3.63, 3.8) is 0 Å². The van der Waals surface area contributed by atoms with Gasteiger partial charge in [0, 0.05) is 0 Å². The van der Waals surface area contributed by atoms with Crippen molar-refractivity contribution in [1.82, 2.24) is 10.6 Å². The Balaban J connectivity index is 2.68. The number of urea groups is 1. The first kappa shape index (κ1) is 16.0. The van der Waals surface area contributed by atoms with E-state index in [-0.39, 0.29) is 0 Å². The zero-order chi connectivity index (χ0) is 15.2. The number of carbonyl (C=O) groups excluding carboxylic acids is 2. The normalized spacial score (nSPS) is 12.4. The lowest BCUT2D eigenvalue weighted by Crippen LogP contribution is -2.51. The van der Waals surface area contributed by atoms with Crippen LogP contribution in [0.15, 0.2) is 30.3 Å². The van der Waals surface area contributed by atoms with Crippen molar-refractivity contribution < 1.29 is 14.3 Å². The lowest BCUT2D eigenvalue weighted by Gasteiger charge is -2.28. The monoisotopic (exact) mass is 278 g/mol. The number of ether oxygens (including phenoxy) is 1. The minimum Gasteiger partial charge on any atom is -0.467 e. The highest BCUT2D eigenvalue weighted by molar-refractivity contribution is 5.83. The molecule has 5 nitrogen and oxygen atoms in total. The number of esters is 1. The van der Waals surface area contributed by atoms with Crippen LogP contribution in [0.4, 0.5) is 4.79 Å². The summed E-state index contributed by atoms with van der Waals surface area (Å²) in [6, 6.07) is 8.61. The molecule has 2 amide bonds. The quantitative estimate of drug-likeness (QED) is 0.811. The standard InChI is InChI=1S/C15H22N2O3/c1-5-12(13(18)20-4)16-14(19)17-15(2,3)11-9-7-6-8-10-11/h6-10,12H,5H2,1-4H3,(H2,16,17,19). The molecular weight excluding hydrogens is 256 g/mol. The zero-order valence-corrected chi connectivity index (χ0v) is 12.4. The molecular formula is C15H22N2O3. The summed E-state index contributed by atoms with van der Waals surface area (Å²) in [5.74, 6) is -0.444. The molecule has 20 heavy (non-hydrogen) atoms. The Morgan fingerprint density at radius 3 is 2.35 bits per heavy atom. The highest BCUT2D eigenvalue weighted by Crippen LogP contribution is 2.19. The molecule has 0 saturated carbocycles. The third kappa shape index (κ3) is 4.26. The number of carbonyl (C=O) groups is 2. The summed E-state index contributed by atoms with van der Waals surface area (Å²) in [6.07, 6.45) is 0.478. The van der Waals surface area contributed by atoms with E-state index < -0.39 is 23.6 Å². The minimum atomic E-state index is -0.633. The summed E-state index contributed by atoms with van der Waals surface area (Å²) in [4.78, 5) is 23.4. The fourth-order valence-corrected chi connectivity index (χ4v) is 1.88. The van der Waals surface area contributed by atoms with Gasteiger partial charge in [0.1, 0.15) is 6.04 Å². The van der Waals surface area contributed by atoms with Gasteiger partial charge in [0.05, 0.1) is 12.6 Å². The number of methoxy groups -OCH3 is 1. The van der Waals surface area contributed by atoms with Crippen molar-refractivity contribution in [1.29, 1.82) is 0 Å². The number of hydrogen-bond donors (Lipinski definition) is 2. The molecule has 0 saturated heterocycles. The van der Waals surface area contributed by atoms with Crippen LogP contribution in [-0.4, -0.2) is 25.2 Å². The number of hydrogen-bond acceptors (Lipinski definition) is 3. The van der Waals surface area contributed by atoms with Gasteiger partial charge in [0.15, 0.2) is 0 Å². The third-order valence-corrected chi connectivity index (χ3v) is 3.12. The Labute approximate surface area is 119 Å². The molecule has 1 aromatic carbocycles. The van der Waals surface area contributed by atoms with Gasteiger partial charge in [-0.1, -0.05) is 37.3 Å². The van der Waals surface area contributed by atoms with E-state index in [0.29, 0.717) is 6.42 Å². The van der Waals surface area contributed by atoms with Gasteiger partial charge in [-0.3, -0.25) is 0 Å². The molecule has 0 fully saturated rings. The number of amides is 2. The van der Waals surface area contributed by atoms with Gasteiger partial charge in [0.25, 0.3) is 0 Å². The second kappa shape index (κ2) is 6.93. The molecule has 0 spiro atoms. The molecule has 0 aliphatic heterocycles. The summed E-state index contributed by atoms with van der Waals surface area (Å²) in [6.45, 7) is 5.62. The summed E-state index contributed by atoms with van der Waals surface area (Å²) in [5, 5.41) is 5.48. The second-order valence-electron chi connectivity index (χ2n) is 5.07. The van der Waals surface area contributed by atoms with Crippen LogP contribution in [0.5, 0.6) is 0 Å². The first-order valence-electron chi connectivity index (χ1n) is 6.62. The molecule has 5 heteroatoms. The summed E-state index contributed by atoms with van der Waals surface area (Å²) < 4.78 is 4.64. The molecule has 0 bridgehead atoms. The van der Waals surface area contributed by atoms with Crippen molar-refractivity contribution in [2.24, 2.45) is 0 Å². The van der Waals surface area contributed by atoms with E-state index in [0.717, 1.165) is 5.56 Å². The van der Waals surface area contributed by atoms with Crippen LogP contribution < -0.4 is 10.6 Å². The first-order chi connectivity index (χ1) is 9.40. The molecule has 1 unspecified atom stereocenters. The maximum Gasteiger partial charge on any atom is 0.328 e. The third-order valence-electron chi connectivity index (χ3n) is 3.12. The van der Waals surface area contributed by atoms with Gasteiger partial charge in [0.2, 0.25) is 0 Å². The van der Waals surface area contributed by atoms with Crippen molar-refractivity contribution in [3.05, 3.63) is 35.9 Å². The second-order valence-corrected chi connectivity index (χ2v) is 5.07. The molecule has 0 aliphatic carbocycles. The Bertz CT molecular complexity index is 457. The minimum absolute atomic E-state index is 0.392. The van der Waals surface area contributed by atoms with E-state index in [1.54, 1.807) is 0 Å². The van der Waals surface area contributed by atoms with Crippen LogP contribution in [0.1, 0.15) is 32.8 Å². The molecule has 1 rings (SSSR count). The maximum absolute atomic E-state index is 12.0. The lowest BCUT2D eigenvalue weighted by atomic mass is 9.94. The Kier molecular flexibility index (Phi) is 5.55. The molecule has 0 heterocycles. The van der Waals surface area contributed by atoms with Crippen LogP contribution in [0.25, 0.3) is 0 Å². The zero-order valence-electron chi connectivity index (χ0n) is 12.4. The van der Waals surface area contributed by atoms with Gasteiger partial charge in [-0.2, -0.15) is 0 Å². The highest BCUT2D eigenvalue weighted by Gasteiger charge is 2.25. The van der Waals surface area contributed by atoms with E-state index in [1.165, 1.54) is 7.11 Å². The van der Waals surface area contributed by atoms with Gasteiger partial charge in [-0.15, -0.1) is 0 Å². The van der Waals surface area contributed by atoms with E-state index in [2.05, 4.69) is 15.4 Å². The van der Waals surface area contributed by atoms with Crippen molar-refractivity contribution in [2.75, 3.05) is 7.11 Å². The van der Waals surface area contributed by atoms with Crippen LogP contribution in [0.3, 0.4) is 0 Å². The van der Waals surface area contributed by atoms with E-state index in [4.69, 9.17) is 0 Å². The van der Waals surface area contributed by atoms with E-state index >= 15 is 0 Å². The van der Waals surface area contributed by atoms with Crippen LogP contribution in [-0.2, 0) is 15.1 Å². The predicted octanol–water partition coefficient (Wildman–Crippen LogP) is 2.17. The van der Waals surface area contributed by atoms with Crippen LogP contribution in [0, 0.1) is 0 Å². The highest BCUT2D eigenvalue weighted by atomic mass is 16.5. The Hall–Kier alpha value is -2.04. The van der Waals surface area contributed by atoms with Crippen molar-refractivity contribution >= 4 is 12.0 Å². The number of nitrogens with one attached hydrogen (secondary N) is 2. The number of rotatable bonds is 5. The predicted molar refractivity (Wildman–Crippen MR) is 77.2 cm³/mol. The fraction of sp³-hybridized carbons (Fsp3) is 0.467. The van der Waals surface area contributed by atoms with E-state index in [9.17, 15) is 9.59 Å². The summed E-state index contributed by atoms with van der Waals surface area (Å²) >= 11 is 0. The van der Waals surface area contributed by atoms with E-state index in [1.807, 2.05) is 51.1 Å². The molecule has 0 aromatic heterocycles. The molecule has 110 valence electrons. The Morgan fingerprint density at radius 2 is 1.85 bits per heavy atom. The van der Waals surface area contributed by atoms with Crippen molar-refractivity contribution in [2.45, 2.75) is 38.8 Å². The molecule has 1 aromatic rings. The van der Waals surface area contributed by atoms with Gasteiger partial charge < -0.3 is 15.4 Å². The van der Waals surface area contributed by atoms with Crippen molar-refractivity contribution in [3.8, 4) is 0 Å². The van der Waals surface area contributed by atoms with Crippen LogP contribution in [0.2, 0.25) is 0 Å². The maximum atomic E-state index is 12.0. The average molecular weight is 278 g/mol. The van der Waals surface area contributed by atoms with Gasteiger partial charge in [-0.05, 0) is 25.8 Å². The number of benzene rings is 1.